The SMILES string of the molecule is CC(Cc1cccc(C(F)(F)F)c1)NCCC(C)(C)C(=O)O. The van der Waals surface area contributed by atoms with Gasteiger partial charge in [-0.1, -0.05) is 18.2 Å². The van der Waals surface area contributed by atoms with Gasteiger partial charge in [0.05, 0.1) is 11.0 Å². The Morgan fingerprint density at radius 1 is 1.32 bits per heavy atom. The summed E-state index contributed by atoms with van der Waals surface area (Å²) >= 11 is 0. The van der Waals surface area contributed by atoms with Crippen molar-refractivity contribution in [2.24, 2.45) is 5.41 Å². The minimum atomic E-state index is -4.34. The summed E-state index contributed by atoms with van der Waals surface area (Å²) in [5.74, 6) is -0.861. The number of rotatable bonds is 7. The lowest BCUT2D eigenvalue weighted by molar-refractivity contribution is -0.147. The molecule has 0 amide bonds. The van der Waals surface area contributed by atoms with E-state index in [9.17, 15) is 18.0 Å². The van der Waals surface area contributed by atoms with Crippen molar-refractivity contribution in [3.05, 3.63) is 35.4 Å². The Hall–Kier alpha value is -1.56. The molecule has 124 valence electrons. The summed E-state index contributed by atoms with van der Waals surface area (Å²) < 4.78 is 37.9. The fourth-order valence-electron chi connectivity index (χ4n) is 2.04. The Morgan fingerprint density at radius 3 is 2.50 bits per heavy atom. The normalized spacial score (nSPS) is 13.9. The number of halogens is 3. The summed E-state index contributed by atoms with van der Waals surface area (Å²) in [4.78, 5) is 11.0. The van der Waals surface area contributed by atoms with Gasteiger partial charge in [0, 0.05) is 6.04 Å². The van der Waals surface area contributed by atoms with E-state index < -0.39 is 23.1 Å². The van der Waals surface area contributed by atoms with Gasteiger partial charge >= 0.3 is 12.1 Å². The van der Waals surface area contributed by atoms with Crippen LogP contribution in [0.5, 0.6) is 0 Å². The van der Waals surface area contributed by atoms with Gasteiger partial charge < -0.3 is 10.4 Å². The second-order valence-corrected chi connectivity index (χ2v) is 6.20. The molecule has 22 heavy (non-hydrogen) atoms. The first-order valence-electron chi connectivity index (χ1n) is 7.15. The molecule has 0 aliphatic rings. The second-order valence-electron chi connectivity index (χ2n) is 6.20. The highest BCUT2D eigenvalue weighted by molar-refractivity contribution is 5.73. The average Bonchev–Trinajstić information content (AvgIpc) is 2.37. The molecule has 1 rings (SSSR count). The van der Waals surface area contributed by atoms with E-state index >= 15 is 0 Å². The third-order valence-electron chi connectivity index (χ3n) is 3.62. The molecule has 0 spiro atoms. The predicted octanol–water partition coefficient (Wildman–Crippen LogP) is 3.73. The number of carboxylic acid groups (broad SMARTS) is 1. The second kappa shape index (κ2) is 7.13. The number of nitrogens with one attached hydrogen (secondary N) is 1. The monoisotopic (exact) mass is 317 g/mol. The van der Waals surface area contributed by atoms with Crippen LogP contribution in [0.15, 0.2) is 24.3 Å². The molecule has 3 nitrogen and oxygen atoms in total. The van der Waals surface area contributed by atoms with Crippen LogP contribution in [0.4, 0.5) is 13.2 Å². The highest BCUT2D eigenvalue weighted by Gasteiger charge is 2.30. The lowest BCUT2D eigenvalue weighted by Crippen LogP contribution is -2.34. The lowest BCUT2D eigenvalue weighted by atomic mass is 9.89. The largest absolute Gasteiger partial charge is 0.481 e. The summed E-state index contributed by atoms with van der Waals surface area (Å²) in [5.41, 5.74) is -0.861. The maximum absolute atomic E-state index is 12.6. The molecular weight excluding hydrogens is 295 g/mol. The number of hydrogen-bond acceptors (Lipinski definition) is 2. The first kappa shape index (κ1) is 18.5. The molecule has 0 aliphatic heterocycles. The first-order chi connectivity index (χ1) is 10.0. The van der Waals surface area contributed by atoms with Crippen molar-refractivity contribution in [2.45, 2.75) is 45.8 Å². The molecule has 1 atom stereocenters. The van der Waals surface area contributed by atoms with E-state index in [1.807, 2.05) is 6.92 Å². The Morgan fingerprint density at radius 2 is 1.95 bits per heavy atom. The molecule has 2 N–H and O–H groups in total. The fraction of sp³-hybridized carbons (Fsp3) is 0.562. The Bertz CT molecular complexity index is 512. The van der Waals surface area contributed by atoms with Crippen LogP contribution >= 0.6 is 0 Å². The van der Waals surface area contributed by atoms with E-state index in [0.717, 1.165) is 12.1 Å². The van der Waals surface area contributed by atoms with E-state index in [-0.39, 0.29) is 6.04 Å². The van der Waals surface area contributed by atoms with Gasteiger partial charge in [0.1, 0.15) is 0 Å². The third kappa shape index (κ3) is 5.67. The minimum Gasteiger partial charge on any atom is -0.481 e. The van der Waals surface area contributed by atoms with Crippen LogP contribution in [0.2, 0.25) is 0 Å². The van der Waals surface area contributed by atoms with Crippen LogP contribution < -0.4 is 5.32 Å². The highest BCUT2D eigenvalue weighted by Crippen LogP contribution is 2.29. The van der Waals surface area contributed by atoms with Gasteiger partial charge in [-0.05, 0) is 51.8 Å². The molecule has 0 heterocycles. The van der Waals surface area contributed by atoms with E-state index in [4.69, 9.17) is 5.11 Å². The molecule has 0 bridgehead atoms. The molecule has 0 aliphatic carbocycles. The number of alkyl halides is 3. The minimum absolute atomic E-state index is 0.0342. The third-order valence-corrected chi connectivity index (χ3v) is 3.62. The van der Waals surface area contributed by atoms with Crippen molar-refractivity contribution in [2.75, 3.05) is 6.54 Å². The molecule has 1 aromatic carbocycles. The molecule has 0 radical (unpaired) electrons. The number of hydrogen-bond donors (Lipinski definition) is 2. The van der Waals surface area contributed by atoms with Crippen molar-refractivity contribution < 1.29 is 23.1 Å². The summed E-state index contributed by atoms with van der Waals surface area (Å²) in [6, 6.07) is 5.23. The van der Waals surface area contributed by atoms with Gasteiger partial charge in [-0.25, -0.2) is 0 Å². The van der Waals surface area contributed by atoms with Crippen molar-refractivity contribution in [3.8, 4) is 0 Å². The summed E-state index contributed by atoms with van der Waals surface area (Å²) in [6.07, 6.45) is -3.43. The Labute approximate surface area is 128 Å². The topological polar surface area (TPSA) is 49.3 Å². The van der Waals surface area contributed by atoms with Crippen LogP contribution in [0.1, 0.15) is 38.3 Å². The maximum Gasteiger partial charge on any atom is 0.416 e. The zero-order valence-corrected chi connectivity index (χ0v) is 13.0. The molecule has 1 aromatic rings. The Balaban J connectivity index is 2.52. The van der Waals surface area contributed by atoms with E-state index in [0.29, 0.717) is 24.9 Å². The van der Waals surface area contributed by atoms with Crippen molar-refractivity contribution in [1.29, 1.82) is 0 Å². The summed E-state index contributed by atoms with van der Waals surface area (Å²) in [5, 5.41) is 12.2. The molecular formula is C16H22F3NO2. The smallest absolute Gasteiger partial charge is 0.416 e. The highest BCUT2D eigenvalue weighted by atomic mass is 19.4. The number of aliphatic carboxylic acids is 1. The number of benzene rings is 1. The fourth-order valence-corrected chi connectivity index (χ4v) is 2.04. The lowest BCUT2D eigenvalue weighted by Gasteiger charge is -2.21. The quantitative estimate of drug-likeness (QED) is 0.805. The molecule has 0 aromatic heterocycles. The molecule has 1 unspecified atom stereocenters. The van der Waals surface area contributed by atoms with Crippen molar-refractivity contribution in [1.82, 2.24) is 5.32 Å². The van der Waals surface area contributed by atoms with Crippen LogP contribution in [0.3, 0.4) is 0 Å². The van der Waals surface area contributed by atoms with Gasteiger partial charge in [0.25, 0.3) is 0 Å². The standard InChI is InChI=1S/C16H22F3NO2/c1-11(20-8-7-15(2,3)14(21)22)9-12-5-4-6-13(10-12)16(17,18)19/h4-6,10-11,20H,7-9H2,1-3H3,(H,21,22). The zero-order chi connectivity index (χ0) is 17.0. The van der Waals surface area contributed by atoms with Crippen LogP contribution in [0, 0.1) is 5.41 Å². The average molecular weight is 317 g/mol. The summed E-state index contributed by atoms with van der Waals surface area (Å²) in [6.45, 7) is 5.66. The van der Waals surface area contributed by atoms with E-state index in [2.05, 4.69) is 5.32 Å². The molecule has 6 heteroatoms. The predicted molar refractivity (Wildman–Crippen MR) is 78.6 cm³/mol. The van der Waals surface area contributed by atoms with Gasteiger partial charge in [-0.15, -0.1) is 0 Å². The Kier molecular flexibility index (Phi) is 6.00. The summed E-state index contributed by atoms with van der Waals surface area (Å²) in [7, 11) is 0. The first-order valence-corrected chi connectivity index (χ1v) is 7.15. The number of carbonyl (C=O) groups is 1. The zero-order valence-electron chi connectivity index (χ0n) is 13.0. The van der Waals surface area contributed by atoms with Crippen LogP contribution in [-0.2, 0) is 17.4 Å². The maximum atomic E-state index is 12.6. The van der Waals surface area contributed by atoms with Gasteiger partial charge in [-0.2, -0.15) is 13.2 Å². The van der Waals surface area contributed by atoms with Crippen LogP contribution in [0.25, 0.3) is 0 Å². The van der Waals surface area contributed by atoms with Crippen molar-refractivity contribution >= 4 is 5.97 Å². The van der Waals surface area contributed by atoms with E-state index in [1.165, 1.54) is 6.07 Å². The van der Waals surface area contributed by atoms with Gasteiger partial charge in [0.15, 0.2) is 0 Å². The van der Waals surface area contributed by atoms with Crippen molar-refractivity contribution in [3.63, 3.8) is 0 Å². The van der Waals surface area contributed by atoms with Gasteiger partial charge in [-0.3, -0.25) is 4.79 Å². The van der Waals surface area contributed by atoms with Gasteiger partial charge in [0.2, 0.25) is 0 Å². The number of carboxylic acids is 1. The van der Waals surface area contributed by atoms with E-state index in [1.54, 1.807) is 19.9 Å². The molecule has 0 fully saturated rings. The molecule has 0 saturated carbocycles. The molecule has 0 saturated heterocycles. The van der Waals surface area contributed by atoms with Crippen LogP contribution in [-0.4, -0.2) is 23.7 Å².